The first-order chi connectivity index (χ1) is 6.35. The molecule has 0 bridgehead atoms. The number of aliphatic hydroxyl groups is 2. The van der Waals surface area contributed by atoms with Gasteiger partial charge in [0.15, 0.2) is 0 Å². The first kappa shape index (κ1) is 12.9. The van der Waals surface area contributed by atoms with Gasteiger partial charge in [-0.2, -0.15) is 0 Å². The molecule has 0 saturated carbocycles. The molecule has 0 aromatic carbocycles. The molecule has 0 spiro atoms. The summed E-state index contributed by atoms with van der Waals surface area (Å²) >= 11 is 0. The Kier molecular flexibility index (Phi) is 9.87. The normalized spacial score (nSPS) is 11.1. The van der Waals surface area contributed by atoms with Gasteiger partial charge in [0, 0.05) is 13.2 Å². The Morgan fingerprint density at radius 1 is 0.846 bits per heavy atom. The highest BCUT2D eigenvalue weighted by Gasteiger charge is 2.00. The van der Waals surface area contributed by atoms with Crippen LogP contribution in [0.25, 0.3) is 0 Å². The summed E-state index contributed by atoms with van der Waals surface area (Å²) in [5.41, 5.74) is 0. The first-order valence-electron chi connectivity index (χ1n) is 5.29. The predicted octanol–water partition coefficient (Wildman–Crippen LogP) is 0.853. The summed E-state index contributed by atoms with van der Waals surface area (Å²) in [6.45, 7) is 5.96. The van der Waals surface area contributed by atoms with Crippen molar-refractivity contribution in [3.05, 3.63) is 0 Å². The number of unbranched alkanes of at least 4 members (excludes halogenated alkanes) is 2. The summed E-state index contributed by atoms with van der Waals surface area (Å²) in [5.74, 6) is 0. The van der Waals surface area contributed by atoms with Crippen molar-refractivity contribution in [2.75, 3.05) is 32.8 Å². The third-order valence-electron chi connectivity index (χ3n) is 2.21. The molecule has 0 aliphatic rings. The molecule has 0 aliphatic heterocycles. The molecule has 0 aliphatic carbocycles. The summed E-state index contributed by atoms with van der Waals surface area (Å²) in [4.78, 5) is 2.37. The fourth-order valence-corrected chi connectivity index (χ4v) is 1.32. The maximum atomic E-state index is 8.61. The second-order valence-electron chi connectivity index (χ2n) is 3.30. The van der Waals surface area contributed by atoms with Crippen LogP contribution in [0.4, 0.5) is 0 Å². The standard InChI is InChI=1S/C10H23NO2/c1-2-11(7-3-5-9-12)8-4-6-10-13/h12-13H,2-10H2,1H3. The summed E-state index contributed by atoms with van der Waals surface area (Å²) in [7, 11) is 0. The lowest BCUT2D eigenvalue weighted by molar-refractivity contribution is 0.232. The number of hydrogen-bond acceptors (Lipinski definition) is 3. The van der Waals surface area contributed by atoms with E-state index in [1.807, 2.05) is 0 Å². The van der Waals surface area contributed by atoms with E-state index >= 15 is 0 Å². The highest BCUT2D eigenvalue weighted by atomic mass is 16.3. The summed E-state index contributed by atoms with van der Waals surface area (Å²) in [5, 5.41) is 17.2. The molecule has 0 amide bonds. The van der Waals surface area contributed by atoms with Crippen LogP contribution in [0.2, 0.25) is 0 Å². The van der Waals surface area contributed by atoms with Crippen LogP contribution in [-0.2, 0) is 0 Å². The van der Waals surface area contributed by atoms with E-state index in [1.165, 1.54) is 0 Å². The minimum absolute atomic E-state index is 0.300. The summed E-state index contributed by atoms with van der Waals surface area (Å²) in [6, 6.07) is 0. The Bertz CT molecular complexity index is 88.9. The van der Waals surface area contributed by atoms with Crippen LogP contribution in [0.5, 0.6) is 0 Å². The van der Waals surface area contributed by atoms with Gasteiger partial charge in [0.1, 0.15) is 0 Å². The quantitative estimate of drug-likeness (QED) is 0.529. The van der Waals surface area contributed by atoms with Gasteiger partial charge in [0.25, 0.3) is 0 Å². The van der Waals surface area contributed by atoms with Crippen molar-refractivity contribution in [1.82, 2.24) is 4.90 Å². The zero-order valence-corrected chi connectivity index (χ0v) is 8.71. The summed E-state index contributed by atoms with van der Waals surface area (Å²) < 4.78 is 0. The average molecular weight is 189 g/mol. The van der Waals surface area contributed by atoms with Gasteiger partial charge in [0.05, 0.1) is 0 Å². The molecule has 0 rings (SSSR count). The number of aliphatic hydroxyl groups excluding tert-OH is 2. The molecule has 0 heterocycles. The van der Waals surface area contributed by atoms with Crippen LogP contribution in [0.1, 0.15) is 32.6 Å². The Balaban J connectivity index is 3.28. The zero-order valence-electron chi connectivity index (χ0n) is 8.71. The highest BCUT2D eigenvalue weighted by Crippen LogP contribution is 1.98. The Hall–Kier alpha value is -0.120. The second-order valence-corrected chi connectivity index (χ2v) is 3.30. The molecule has 3 heteroatoms. The molecule has 0 fully saturated rings. The van der Waals surface area contributed by atoms with E-state index in [4.69, 9.17) is 10.2 Å². The molecule has 2 N–H and O–H groups in total. The molecule has 0 aromatic heterocycles. The van der Waals surface area contributed by atoms with Crippen LogP contribution in [0.15, 0.2) is 0 Å². The monoisotopic (exact) mass is 189 g/mol. The lowest BCUT2D eigenvalue weighted by Crippen LogP contribution is -2.26. The van der Waals surface area contributed by atoms with E-state index in [-0.39, 0.29) is 0 Å². The lowest BCUT2D eigenvalue weighted by atomic mass is 10.2. The average Bonchev–Trinajstić information content (AvgIpc) is 2.16. The van der Waals surface area contributed by atoms with Crippen LogP contribution in [0.3, 0.4) is 0 Å². The summed E-state index contributed by atoms with van der Waals surface area (Å²) in [6.07, 6.45) is 3.94. The van der Waals surface area contributed by atoms with Gasteiger partial charge in [-0.15, -0.1) is 0 Å². The van der Waals surface area contributed by atoms with Crippen molar-refractivity contribution in [1.29, 1.82) is 0 Å². The van der Waals surface area contributed by atoms with Crippen LogP contribution in [-0.4, -0.2) is 48.0 Å². The fourth-order valence-electron chi connectivity index (χ4n) is 1.32. The van der Waals surface area contributed by atoms with E-state index in [0.29, 0.717) is 13.2 Å². The smallest absolute Gasteiger partial charge is 0.0431 e. The van der Waals surface area contributed by atoms with Crippen molar-refractivity contribution < 1.29 is 10.2 Å². The predicted molar refractivity (Wildman–Crippen MR) is 54.8 cm³/mol. The van der Waals surface area contributed by atoms with E-state index in [9.17, 15) is 0 Å². The third-order valence-corrected chi connectivity index (χ3v) is 2.21. The maximum Gasteiger partial charge on any atom is 0.0431 e. The number of hydrogen-bond donors (Lipinski definition) is 2. The maximum absolute atomic E-state index is 8.61. The Morgan fingerprint density at radius 2 is 1.31 bits per heavy atom. The zero-order chi connectivity index (χ0) is 9.94. The molecular weight excluding hydrogens is 166 g/mol. The van der Waals surface area contributed by atoms with E-state index in [1.54, 1.807) is 0 Å². The van der Waals surface area contributed by atoms with E-state index in [0.717, 1.165) is 45.3 Å². The van der Waals surface area contributed by atoms with Crippen molar-refractivity contribution in [2.45, 2.75) is 32.6 Å². The van der Waals surface area contributed by atoms with Crippen molar-refractivity contribution in [3.8, 4) is 0 Å². The first-order valence-corrected chi connectivity index (χ1v) is 5.29. The van der Waals surface area contributed by atoms with Crippen LogP contribution in [0, 0.1) is 0 Å². The fraction of sp³-hybridized carbons (Fsp3) is 1.00. The third kappa shape index (κ3) is 8.22. The molecular formula is C10H23NO2. The lowest BCUT2D eigenvalue weighted by Gasteiger charge is -2.19. The largest absolute Gasteiger partial charge is 0.396 e. The van der Waals surface area contributed by atoms with Gasteiger partial charge < -0.3 is 15.1 Å². The van der Waals surface area contributed by atoms with Gasteiger partial charge in [0.2, 0.25) is 0 Å². The van der Waals surface area contributed by atoms with Crippen LogP contribution >= 0.6 is 0 Å². The number of nitrogens with zero attached hydrogens (tertiary/aromatic N) is 1. The van der Waals surface area contributed by atoms with Gasteiger partial charge in [-0.3, -0.25) is 0 Å². The number of rotatable bonds is 9. The van der Waals surface area contributed by atoms with E-state index in [2.05, 4.69) is 11.8 Å². The van der Waals surface area contributed by atoms with Crippen molar-refractivity contribution in [2.24, 2.45) is 0 Å². The molecule has 0 saturated heterocycles. The minimum atomic E-state index is 0.300. The molecule has 13 heavy (non-hydrogen) atoms. The Labute approximate surface area is 81.4 Å². The van der Waals surface area contributed by atoms with Gasteiger partial charge >= 0.3 is 0 Å². The SMILES string of the molecule is CCN(CCCCO)CCCCO. The molecule has 0 aromatic rings. The molecule has 0 unspecified atom stereocenters. The van der Waals surface area contributed by atoms with E-state index < -0.39 is 0 Å². The molecule has 0 radical (unpaired) electrons. The van der Waals surface area contributed by atoms with Crippen LogP contribution < -0.4 is 0 Å². The van der Waals surface area contributed by atoms with Gasteiger partial charge in [-0.1, -0.05) is 6.92 Å². The molecule has 3 nitrogen and oxygen atoms in total. The topological polar surface area (TPSA) is 43.7 Å². The molecule has 0 atom stereocenters. The van der Waals surface area contributed by atoms with Gasteiger partial charge in [-0.05, 0) is 45.3 Å². The highest BCUT2D eigenvalue weighted by molar-refractivity contribution is 4.55. The molecule has 80 valence electrons. The van der Waals surface area contributed by atoms with Crippen molar-refractivity contribution in [3.63, 3.8) is 0 Å². The van der Waals surface area contributed by atoms with Crippen molar-refractivity contribution >= 4 is 0 Å². The Morgan fingerprint density at radius 3 is 1.62 bits per heavy atom. The second kappa shape index (κ2) is 9.96. The minimum Gasteiger partial charge on any atom is -0.396 e. The van der Waals surface area contributed by atoms with Gasteiger partial charge in [-0.25, -0.2) is 0 Å².